The van der Waals surface area contributed by atoms with Crippen LogP contribution in [0, 0.1) is 0 Å². The van der Waals surface area contributed by atoms with Crippen LogP contribution in [-0.4, -0.2) is 14.8 Å². The number of hydrogen-bond acceptors (Lipinski definition) is 3. The first-order valence-electron chi connectivity index (χ1n) is 6.26. The summed E-state index contributed by atoms with van der Waals surface area (Å²) in [6.07, 6.45) is 3.54. The molecule has 0 aliphatic rings. The second-order valence-corrected chi connectivity index (χ2v) is 6.37. The Bertz CT molecular complexity index is 797. The lowest BCUT2D eigenvalue weighted by molar-refractivity contribution is 0.782. The number of hydrogen-bond donors (Lipinski definition) is 1. The summed E-state index contributed by atoms with van der Waals surface area (Å²) < 4.78 is 3.64. The molecule has 2 heterocycles. The maximum absolute atomic E-state index is 6.21. The molecule has 0 spiro atoms. The highest BCUT2D eigenvalue weighted by Gasteiger charge is 2.19. The van der Waals surface area contributed by atoms with Crippen LogP contribution in [0.1, 0.15) is 0 Å². The molecule has 1 aromatic carbocycles. The molecule has 0 fully saturated rings. The van der Waals surface area contributed by atoms with Crippen molar-refractivity contribution in [3.05, 3.63) is 51.7 Å². The minimum absolute atomic E-state index is 0.616. The summed E-state index contributed by atoms with van der Waals surface area (Å²) in [5, 5.41) is 4.57. The fraction of sp³-hybridized carbons (Fsp3) is 0.0667. The number of anilines is 1. The molecule has 0 amide bonds. The van der Waals surface area contributed by atoms with Crippen molar-refractivity contribution in [1.29, 1.82) is 0 Å². The van der Waals surface area contributed by atoms with E-state index < -0.39 is 0 Å². The van der Waals surface area contributed by atoms with Crippen molar-refractivity contribution in [3.8, 4) is 22.4 Å². The number of benzene rings is 1. The molecule has 21 heavy (non-hydrogen) atoms. The topological polar surface area (TPSA) is 56.7 Å². The molecule has 0 aliphatic carbocycles. The summed E-state index contributed by atoms with van der Waals surface area (Å²) in [7, 11) is 1.84. The highest BCUT2D eigenvalue weighted by molar-refractivity contribution is 9.11. The van der Waals surface area contributed by atoms with E-state index >= 15 is 0 Å². The number of nitrogens with two attached hydrogens (primary N) is 1. The van der Waals surface area contributed by atoms with Gasteiger partial charge in [0.1, 0.15) is 11.5 Å². The van der Waals surface area contributed by atoms with E-state index in [1.807, 2.05) is 37.4 Å². The number of nitrogens with zero attached hydrogens (tertiary/aromatic N) is 3. The molecule has 0 atom stereocenters. The van der Waals surface area contributed by atoms with Crippen LogP contribution in [0.15, 0.2) is 51.7 Å². The van der Waals surface area contributed by atoms with Crippen molar-refractivity contribution in [2.75, 3.05) is 5.73 Å². The molecule has 2 aromatic heterocycles. The molecule has 0 radical (unpaired) electrons. The summed E-state index contributed by atoms with van der Waals surface area (Å²) in [4.78, 5) is 4.17. The van der Waals surface area contributed by atoms with Gasteiger partial charge in [0, 0.05) is 39.5 Å². The predicted molar refractivity (Wildman–Crippen MR) is 91.7 cm³/mol. The Balaban J connectivity index is 2.29. The Morgan fingerprint density at radius 2 is 2.00 bits per heavy atom. The average Bonchev–Trinajstić information content (AvgIpc) is 2.78. The number of nitrogen functional groups attached to an aromatic ring is 1. The van der Waals surface area contributed by atoms with Crippen molar-refractivity contribution >= 4 is 37.7 Å². The van der Waals surface area contributed by atoms with Gasteiger partial charge in [0.25, 0.3) is 0 Å². The molecular formula is C15H12Br2N4. The average molecular weight is 408 g/mol. The van der Waals surface area contributed by atoms with Crippen LogP contribution in [0.5, 0.6) is 0 Å². The largest absolute Gasteiger partial charge is 0.383 e. The van der Waals surface area contributed by atoms with Gasteiger partial charge in [0.15, 0.2) is 0 Å². The standard InChI is InChI=1S/C15H12Br2N4/c1-21-15(18)13(9-3-2-6-19-8-9)14(20-21)11-7-10(16)4-5-12(11)17/h2-8H,18H2,1H3. The third kappa shape index (κ3) is 2.61. The van der Waals surface area contributed by atoms with Gasteiger partial charge in [0.2, 0.25) is 0 Å². The number of pyridine rings is 1. The van der Waals surface area contributed by atoms with Gasteiger partial charge in [-0.1, -0.05) is 37.9 Å². The SMILES string of the molecule is Cn1nc(-c2cc(Br)ccc2Br)c(-c2cccnc2)c1N. The lowest BCUT2D eigenvalue weighted by Crippen LogP contribution is -1.98. The molecule has 0 saturated heterocycles. The van der Waals surface area contributed by atoms with Gasteiger partial charge in [-0.05, 0) is 24.3 Å². The molecule has 6 heteroatoms. The summed E-state index contributed by atoms with van der Waals surface area (Å²) in [5.41, 5.74) is 9.86. The lowest BCUT2D eigenvalue weighted by Gasteiger charge is -2.06. The van der Waals surface area contributed by atoms with E-state index in [2.05, 4.69) is 41.9 Å². The van der Waals surface area contributed by atoms with E-state index in [0.717, 1.165) is 31.3 Å². The monoisotopic (exact) mass is 406 g/mol. The van der Waals surface area contributed by atoms with E-state index in [1.165, 1.54) is 0 Å². The van der Waals surface area contributed by atoms with E-state index in [9.17, 15) is 0 Å². The van der Waals surface area contributed by atoms with E-state index in [0.29, 0.717) is 5.82 Å². The molecule has 3 rings (SSSR count). The van der Waals surface area contributed by atoms with E-state index in [4.69, 9.17) is 5.73 Å². The van der Waals surface area contributed by atoms with Crippen molar-refractivity contribution in [1.82, 2.24) is 14.8 Å². The Morgan fingerprint density at radius 3 is 2.71 bits per heavy atom. The third-order valence-electron chi connectivity index (χ3n) is 3.23. The maximum Gasteiger partial charge on any atom is 0.129 e. The van der Waals surface area contributed by atoms with Gasteiger partial charge < -0.3 is 5.73 Å². The van der Waals surface area contributed by atoms with Crippen LogP contribution in [0.25, 0.3) is 22.4 Å². The van der Waals surface area contributed by atoms with Crippen molar-refractivity contribution in [2.24, 2.45) is 7.05 Å². The Morgan fingerprint density at radius 1 is 1.19 bits per heavy atom. The first-order valence-corrected chi connectivity index (χ1v) is 7.85. The molecule has 0 aliphatic heterocycles. The zero-order valence-electron chi connectivity index (χ0n) is 11.2. The number of halogens is 2. The smallest absolute Gasteiger partial charge is 0.129 e. The highest BCUT2D eigenvalue weighted by Crippen LogP contribution is 2.39. The zero-order valence-corrected chi connectivity index (χ0v) is 14.4. The zero-order chi connectivity index (χ0) is 15.0. The molecule has 4 nitrogen and oxygen atoms in total. The van der Waals surface area contributed by atoms with Crippen LogP contribution in [-0.2, 0) is 7.05 Å². The maximum atomic E-state index is 6.21. The molecule has 2 N–H and O–H groups in total. The third-order valence-corrected chi connectivity index (χ3v) is 4.41. The van der Waals surface area contributed by atoms with Gasteiger partial charge >= 0.3 is 0 Å². The van der Waals surface area contributed by atoms with Crippen LogP contribution in [0.2, 0.25) is 0 Å². The number of rotatable bonds is 2. The molecule has 0 bridgehead atoms. The van der Waals surface area contributed by atoms with E-state index in [-0.39, 0.29) is 0 Å². The number of aryl methyl sites for hydroxylation is 1. The Kier molecular flexibility index (Phi) is 3.82. The molecule has 0 unspecified atom stereocenters. The Hall–Kier alpha value is -1.66. The predicted octanol–water partition coefficient (Wildman–Crippen LogP) is 4.26. The van der Waals surface area contributed by atoms with Crippen molar-refractivity contribution < 1.29 is 0 Å². The van der Waals surface area contributed by atoms with Crippen LogP contribution >= 0.6 is 31.9 Å². The van der Waals surface area contributed by atoms with Crippen LogP contribution in [0.3, 0.4) is 0 Å². The minimum Gasteiger partial charge on any atom is -0.383 e. The molecule has 0 saturated carbocycles. The summed E-state index contributed by atoms with van der Waals surface area (Å²) in [5.74, 6) is 0.616. The Labute approximate surface area is 139 Å². The van der Waals surface area contributed by atoms with E-state index in [1.54, 1.807) is 17.1 Å². The fourth-order valence-electron chi connectivity index (χ4n) is 2.20. The fourth-order valence-corrected chi connectivity index (χ4v) is 3.00. The lowest BCUT2D eigenvalue weighted by atomic mass is 10.0. The van der Waals surface area contributed by atoms with Crippen LogP contribution < -0.4 is 5.73 Å². The van der Waals surface area contributed by atoms with Gasteiger partial charge in [-0.3, -0.25) is 9.67 Å². The summed E-state index contributed by atoms with van der Waals surface area (Å²) >= 11 is 7.08. The number of aromatic nitrogens is 3. The minimum atomic E-state index is 0.616. The van der Waals surface area contributed by atoms with Crippen LogP contribution in [0.4, 0.5) is 5.82 Å². The van der Waals surface area contributed by atoms with Gasteiger partial charge in [-0.25, -0.2) is 0 Å². The molecule has 3 aromatic rings. The quantitative estimate of drug-likeness (QED) is 0.690. The summed E-state index contributed by atoms with van der Waals surface area (Å²) in [6, 6.07) is 9.85. The first kappa shape index (κ1) is 14.3. The van der Waals surface area contributed by atoms with Crippen molar-refractivity contribution in [2.45, 2.75) is 0 Å². The molecule has 106 valence electrons. The van der Waals surface area contributed by atoms with Crippen molar-refractivity contribution in [3.63, 3.8) is 0 Å². The normalized spacial score (nSPS) is 10.8. The second-order valence-electron chi connectivity index (χ2n) is 4.60. The highest BCUT2D eigenvalue weighted by atomic mass is 79.9. The molecular weight excluding hydrogens is 396 g/mol. The van der Waals surface area contributed by atoms with Gasteiger partial charge in [0.05, 0.1) is 5.56 Å². The van der Waals surface area contributed by atoms with Gasteiger partial charge in [-0.15, -0.1) is 0 Å². The van der Waals surface area contributed by atoms with Gasteiger partial charge in [-0.2, -0.15) is 5.10 Å². The first-order chi connectivity index (χ1) is 10.1. The summed E-state index contributed by atoms with van der Waals surface area (Å²) in [6.45, 7) is 0. The second kappa shape index (κ2) is 5.61.